The van der Waals surface area contributed by atoms with Crippen molar-refractivity contribution >= 4 is 16.5 Å². The molecule has 0 fully saturated rings. The van der Waals surface area contributed by atoms with Gasteiger partial charge in [0.05, 0.1) is 31.1 Å². The van der Waals surface area contributed by atoms with Crippen LogP contribution in [0.25, 0.3) is 0 Å². The third-order valence-corrected chi connectivity index (χ3v) is 4.66. The number of aromatic nitrogens is 3. The lowest BCUT2D eigenvalue weighted by molar-refractivity contribution is 0.144. The maximum Gasteiger partial charge on any atom is 0.185 e. The molecule has 0 unspecified atom stereocenters. The van der Waals surface area contributed by atoms with Crippen molar-refractivity contribution in [1.29, 1.82) is 0 Å². The molecule has 0 aromatic carbocycles. The van der Waals surface area contributed by atoms with Crippen LogP contribution in [0, 0.1) is 0 Å². The molecule has 0 bridgehead atoms. The van der Waals surface area contributed by atoms with Crippen LogP contribution in [-0.4, -0.2) is 27.9 Å². The number of rotatable bonds is 6. The van der Waals surface area contributed by atoms with Crippen LogP contribution in [0.3, 0.4) is 0 Å². The van der Waals surface area contributed by atoms with Crippen LogP contribution in [0.15, 0.2) is 24.2 Å². The van der Waals surface area contributed by atoms with Crippen LogP contribution in [-0.2, 0) is 24.3 Å². The van der Waals surface area contributed by atoms with Crippen molar-refractivity contribution in [1.82, 2.24) is 14.8 Å². The van der Waals surface area contributed by atoms with E-state index in [1.807, 2.05) is 11.6 Å². The molecule has 3 rings (SSSR count). The summed E-state index contributed by atoms with van der Waals surface area (Å²) in [6.07, 6.45) is 4.63. The van der Waals surface area contributed by atoms with E-state index in [0.29, 0.717) is 19.3 Å². The van der Waals surface area contributed by atoms with Crippen molar-refractivity contribution in [3.63, 3.8) is 0 Å². The number of thiazole rings is 1. The molecule has 0 saturated heterocycles. The first-order valence-corrected chi connectivity index (χ1v) is 8.51. The highest BCUT2D eigenvalue weighted by atomic mass is 32.1. The first-order valence-electron chi connectivity index (χ1n) is 7.63. The van der Waals surface area contributed by atoms with Crippen molar-refractivity contribution in [3.05, 3.63) is 41.2 Å². The summed E-state index contributed by atoms with van der Waals surface area (Å²) in [7, 11) is 0. The van der Waals surface area contributed by atoms with Gasteiger partial charge in [0.25, 0.3) is 0 Å². The minimum atomic E-state index is 0.346. The first kappa shape index (κ1) is 15.2. The van der Waals surface area contributed by atoms with E-state index in [-0.39, 0.29) is 0 Å². The molecule has 22 heavy (non-hydrogen) atoms. The Morgan fingerprint density at radius 1 is 1.50 bits per heavy atom. The van der Waals surface area contributed by atoms with Crippen molar-refractivity contribution in [2.45, 2.75) is 39.5 Å². The summed E-state index contributed by atoms with van der Waals surface area (Å²) >= 11 is 1.69. The normalized spacial score (nSPS) is 14.4. The van der Waals surface area contributed by atoms with Gasteiger partial charge in [-0.2, -0.15) is 5.10 Å². The number of anilines is 1. The van der Waals surface area contributed by atoms with E-state index >= 15 is 0 Å². The maximum atomic E-state index is 5.61. The van der Waals surface area contributed by atoms with Gasteiger partial charge in [0, 0.05) is 29.7 Å². The fourth-order valence-electron chi connectivity index (χ4n) is 2.84. The molecule has 1 aliphatic heterocycles. The summed E-state index contributed by atoms with van der Waals surface area (Å²) in [5.74, 6) is 0. The van der Waals surface area contributed by atoms with E-state index in [9.17, 15) is 0 Å². The standard InChI is InChI=1S/C16H22N4OS/c1-4-8-21-11-14-13-5-7-19(16-17-6-9-22-16)10-15(13)20(18-14)12(2)3/h4,6,9,12H,1,5,7-8,10-11H2,2-3H3. The molecule has 0 aliphatic carbocycles. The van der Waals surface area contributed by atoms with Gasteiger partial charge in [-0.1, -0.05) is 6.08 Å². The Kier molecular flexibility index (Phi) is 4.59. The number of nitrogens with zero attached hydrogens (tertiary/aromatic N) is 4. The molecule has 6 heteroatoms. The first-order chi connectivity index (χ1) is 10.7. The summed E-state index contributed by atoms with van der Waals surface area (Å²) in [4.78, 5) is 6.77. The van der Waals surface area contributed by atoms with E-state index in [2.05, 4.69) is 35.0 Å². The predicted octanol–water partition coefficient (Wildman–Crippen LogP) is 3.19. The molecule has 2 aromatic heterocycles. The van der Waals surface area contributed by atoms with Gasteiger partial charge in [0.1, 0.15) is 0 Å². The fourth-order valence-corrected chi connectivity index (χ4v) is 3.51. The molecule has 0 amide bonds. The van der Waals surface area contributed by atoms with Gasteiger partial charge in [-0.25, -0.2) is 4.98 Å². The molecular formula is C16H22N4OS. The van der Waals surface area contributed by atoms with Gasteiger partial charge in [0.15, 0.2) is 5.13 Å². The summed E-state index contributed by atoms with van der Waals surface area (Å²) in [6, 6.07) is 0.346. The molecule has 0 spiro atoms. The van der Waals surface area contributed by atoms with E-state index < -0.39 is 0 Å². The SMILES string of the molecule is C=CCOCc1nn(C(C)C)c2c1CCN(c1nccs1)C2. The quantitative estimate of drug-likeness (QED) is 0.606. The van der Waals surface area contributed by atoms with Gasteiger partial charge in [-0.05, 0) is 20.3 Å². The number of hydrogen-bond acceptors (Lipinski definition) is 5. The van der Waals surface area contributed by atoms with Crippen LogP contribution in [0.5, 0.6) is 0 Å². The molecule has 3 heterocycles. The van der Waals surface area contributed by atoms with Crippen molar-refractivity contribution in [3.8, 4) is 0 Å². The highest BCUT2D eigenvalue weighted by Crippen LogP contribution is 2.29. The predicted molar refractivity (Wildman–Crippen MR) is 89.3 cm³/mol. The molecule has 0 saturated carbocycles. The zero-order valence-electron chi connectivity index (χ0n) is 13.2. The van der Waals surface area contributed by atoms with Crippen LogP contribution in [0.2, 0.25) is 0 Å². The third kappa shape index (κ3) is 2.94. The van der Waals surface area contributed by atoms with Gasteiger partial charge in [-0.15, -0.1) is 17.9 Å². The lowest BCUT2D eigenvalue weighted by Crippen LogP contribution is -2.31. The van der Waals surface area contributed by atoms with E-state index in [1.54, 1.807) is 17.4 Å². The second-order valence-electron chi connectivity index (χ2n) is 5.70. The highest BCUT2D eigenvalue weighted by Gasteiger charge is 2.26. The largest absolute Gasteiger partial charge is 0.371 e. The summed E-state index contributed by atoms with van der Waals surface area (Å²) in [5, 5.41) is 7.91. The fraction of sp³-hybridized carbons (Fsp3) is 0.500. The van der Waals surface area contributed by atoms with Crippen LogP contribution in [0.4, 0.5) is 5.13 Å². The van der Waals surface area contributed by atoms with E-state index in [0.717, 1.165) is 30.3 Å². The topological polar surface area (TPSA) is 43.2 Å². The zero-order valence-corrected chi connectivity index (χ0v) is 14.0. The third-order valence-electron chi connectivity index (χ3n) is 3.83. The van der Waals surface area contributed by atoms with Crippen LogP contribution >= 0.6 is 11.3 Å². The second-order valence-corrected chi connectivity index (χ2v) is 6.57. The minimum Gasteiger partial charge on any atom is -0.371 e. The minimum absolute atomic E-state index is 0.346. The number of ether oxygens (including phenoxy) is 1. The second kappa shape index (κ2) is 6.62. The summed E-state index contributed by atoms with van der Waals surface area (Å²) in [5.41, 5.74) is 3.73. The van der Waals surface area contributed by atoms with Crippen LogP contribution < -0.4 is 4.90 Å². The molecule has 0 N–H and O–H groups in total. The van der Waals surface area contributed by atoms with Crippen molar-refractivity contribution in [2.24, 2.45) is 0 Å². The van der Waals surface area contributed by atoms with Gasteiger partial charge in [0.2, 0.25) is 0 Å². The molecule has 2 aromatic rings. The van der Waals surface area contributed by atoms with Gasteiger partial charge in [-0.3, -0.25) is 4.68 Å². The Morgan fingerprint density at radius 3 is 3.05 bits per heavy atom. The lowest BCUT2D eigenvalue weighted by atomic mass is 10.0. The van der Waals surface area contributed by atoms with Crippen molar-refractivity contribution in [2.75, 3.05) is 18.1 Å². The summed E-state index contributed by atoms with van der Waals surface area (Å²) in [6.45, 7) is 11.0. The molecule has 0 atom stereocenters. The molecule has 5 nitrogen and oxygen atoms in total. The number of hydrogen-bond donors (Lipinski definition) is 0. The average molecular weight is 318 g/mol. The maximum absolute atomic E-state index is 5.61. The Balaban J connectivity index is 1.86. The Bertz CT molecular complexity index is 633. The zero-order chi connectivity index (χ0) is 15.5. The number of fused-ring (bicyclic) bond motifs is 1. The monoisotopic (exact) mass is 318 g/mol. The molecule has 1 aliphatic rings. The van der Waals surface area contributed by atoms with Crippen LogP contribution in [0.1, 0.15) is 36.8 Å². The average Bonchev–Trinajstić information content (AvgIpc) is 3.15. The molecular weight excluding hydrogens is 296 g/mol. The van der Waals surface area contributed by atoms with Gasteiger partial charge >= 0.3 is 0 Å². The Hall–Kier alpha value is -1.66. The van der Waals surface area contributed by atoms with E-state index in [4.69, 9.17) is 9.84 Å². The molecule has 118 valence electrons. The Morgan fingerprint density at radius 2 is 2.36 bits per heavy atom. The highest BCUT2D eigenvalue weighted by molar-refractivity contribution is 7.13. The summed E-state index contributed by atoms with van der Waals surface area (Å²) < 4.78 is 7.75. The van der Waals surface area contributed by atoms with Gasteiger partial charge < -0.3 is 9.64 Å². The van der Waals surface area contributed by atoms with Crippen molar-refractivity contribution < 1.29 is 4.74 Å². The van der Waals surface area contributed by atoms with E-state index in [1.165, 1.54) is 11.3 Å². The molecule has 0 radical (unpaired) electrons. The smallest absolute Gasteiger partial charge is 0.185 e. The Labute approximate surface area is 135 Å². The lowest BCUT2D eigenvalue weighted by Gasteiger charge is -2.28.